The van der Waals surface area contributed by atoms with E-state index in [9.17, 15) is 4.79 Å². The summed E-state index contributed by atoms with van der Waals surface area (Å²) in [6.45, 7) is 7.45. The lowest BCUT2D eigenvalue weighted by atomic mass is 10.2. The molecule has 5 heteroatoms. The van der Waals surface area contributed by atoms with Gasteiger partial charge in [0.15, 0.2) is 0 Å². The topological polar surface area (TPSA) is 38.3 Å². The van der Waals surface area contributed by atoms with Crippen LogP contribution in [-0.2, 0) is 4.74 Å². The number of carbonyl (C=O) groups is 1. The van der Waals surface area contributed by atoms with Gasteiger partial charge in [0.1, 0.15) is 10.5 Å². The Morgan fingerprint density at radius 1 is 1.56 bits per heavy atom. The zero-order chi connectivity index (χ0) is 12.4. The minimum Gasteiger partial charge on any atom is -0.444 e. The second-order valence-corrected chi connectivity index (χ2v) is 6.92. The minimum absolute atomic E-state index is 0.404. The number of amides is 1. The van der Waals surface area contributed by atoms with Crippen LogP contribution >= 0.6 is 27.7 Å². The van der Waals surface area contributed by atoms with Gasteiger partial charge < -0.3 is 10.1 Å². The second-order valence-electron chi connectivity index (χ2n) is 4.69. The Bertz CT molecular complexity index is 346. The number of halogens is 1. The molecule has 16 heavy (non-hydrogen) atoms. The molecule has 1 heterocycles. The van der Waals surface area contributed by atoms with Crippen molar-refractivity contribution < 1.29 is 9.53 Å². The lowest BCUT2D eigenvalue weighted by molar-refractivity contribution is 0.0510. The average Bonchev–Trinajstić information content (AvgIpc) is 2.07. The second kappa shape index (κ2) is 4.84. The van der Waals surface area contributed by atoms with Crippen molar-refractivity contribution in [1.29, 1.82) is 0 Å². The van der Waals surface area contributed by atoms with Crippen LogP contribution in [0.2, 0.25) is 0 Å². The highest BCUT2D eigenvalue weighted by Gasteiger charge is 2.27. The normalized spacial score (nSPS) is 24.9. The van der Waals surface area contributed by atoms with Gasteiger partial charge in [-0.1, -0.05) is 15.9 Å². The number of hydrogen-bond donors (Lipinski definition) is 1. The van der Waals surface area contributed by atoms with Gasteiger partial charge in [0.2, 0.25) is 0 Å². The van der Waals surface area contributed by atoms with Crippen LogP contribution < -0.4 is 5.32 Å². The summed E-state index contributed by atoms with van der Waals surface area (Å²) in [4.78, 5) is 11.2. The van der Waals surface area contributed by atoms with E-state index in [0.717, 1.165) is 4.48 Å². The van der Waals surface area contributed by atoms with Gasteiger partial charge >= 0.3 is 6.09 Å². The molecule has 1 unspecified atom stereocenters. The predicted octanol–water partition coefficient (Wildman–Crippen LogP) is 3.77. The minimum atomic E-state index is -0.472. The summed E-state index contributed by atoms with van der Waals surface area (Å²) in [5.41, 5.74) is -0.472. The van der Waals surface area contributed by atoms with E-state index >= 15 is 0 Å². The van der Waals surface area contributed by atoms with Gasteiger partial charge in [-0.3, -0.25) is 0 Å². The van der Waals surface area contributed by atoms with E-state index in [1.54, 1.807) is 0 Å². The first-order valence-electron chi connectivity index (χ1n) is 4.94. The molecule has 1 aliphatic rings. The molecule has 1 aliphatic heterocycles. The van der Waals surface area contributed by atoms with E-state index in [-0.39, 0.29) is 0 Å². The van der Waals surface area contributed by atoms with Gasteiger partial charge in [-0.2, -0.15) is 0 Å². The van der Waals surface area contributed by atoms with Crippen LogP contribution in [0.4, 0.5) is 4.79 Å². The van der Waals surface area contributed by atoms with Crippen molar-refractivity contribution in [1.82, 2.24) is 5.32 Å². The number of nitrogens with one attached hydrogen (secondary N) is 1. The smallest absolute Gasteiger partial charge is 0.409 e. The third kappa shape index (κ3) is 4.61. The molecule has 0 bridgehead atoms. The standard InChI is InChI=1S/C11H16BrNO2S/c1-10(2,3)15-9(14)13-11(4)6-5-8(12)7-16-11/h5-7H,1-4H3,(H,13,14). The highest BCUT2D eigenvalue weighted by Crippen LogP contribution is 2.32. The Morgan fingerprint density at radius 3 is 2.62 bits per heavy atom. The van der Waals surface area contributed by atoms with Gasteiger partial charge in [0.05, 0.1) is 0 Å². The molecule has 0 radical (unpaired) electrons. The summed E-state index contributed by atoms with van der Waals surface area (Å²) in [5.74, 6) is 0. The van der Waals surface area contributed by atoms with Crippen molar-refractivity contribution in [3.05, 3.63) is 22.0 Å². The molecule has 0 spiro atoms. The fourth-order valence-corrected chi connectivity index (χ4v) is 2.21. The maximum atomic E-state index is 11.6. The van der Waals surface area contributed by atoms with Crippen LogP contribution in [0.5, 0.6) is 0 Å². The zero-order valence-electron chi connectivity index (χ0n) is 9.83. The van der Waals surface area contributed by atoms with Crippen molar-refractivity contribution in [3.8, 4) is 0 Å². The molecule has 0 aromatic carbocycles. The Morgan fingerprint density at radius 2 is 2.19 bits per heavy atom. The third-order valence-corrected chi connectivity index (χ3v) is 3.62. The number of alkyl carbamates (subject to hydrolysis) is 1. The van der Waals surface area contributed by atoms with E-state index in [0.29, 0.717) is 0 Å². The van der Waals surface area contributed by atoms with E-state index in [2.05, 4.69) is 21.2 Å². The van der Waals surface area contributed by atoms with Crippen LogP contribution in [0, 0.1) is 0 Å². The number of carbonyl (C=O) groups excluding carboxylic acids is 1. The Balaban J connectivity index is 2.55. The molecule has 3 nitrogen and oxygen atoms in total. The first kappa shape index (κ1) is 13.6. The first-order valence-corrected chi connectivity index (χ1v) is 6.61. The quantitative estimate of drug-likeness (QED) is 0.801. The SMILES string of the molecule is CC(C)(C)OC(=O)NC1(C)C=CC(Br)=CS1. The van der Waals surface area contributed by atoms with Crippen molar-refractivity contribution >= 4 is 33.8 Å². The van der Waals surface area contributed by atoms with E-state index in [4.69, 9.17) is 4.74 Å². The van der Waals surface area contributed by atoms with Gasteiger partial charge in [0, 0.05) is 4.48 Å². The molecule has 0 saturated carbocycles. The fraction of sp³-hybridized carbons (Fsp3) is 0.545. The summed E-state index contributed by atoms with van der Waals surface area (Å²) in [6.07, 6.45) is 3.43. The van der Waals surface area contributed by atoms with Crippen molar-refractivity contribution in [2.45, 2.75) is 38.2 Å². The van der Waals surface area contributed by atoms with E-state index < -0.39 is 16.6 Å². The number of allylic oxidation sites excluding steroid dienone is 2. The molecule has 0 saturated heterocycles. The highest BCUT2D eigenvalue weighted by molar-refractivity contribution is 9.12. The maximum absolute atomic E-state index is 11.6. The predicted molar refractivity (Wildman–Crippen MR) is 71.5 cm³/mol. The number of rotatable bonds is 1. The lowest BCUT2D eigenvalue weighted by Gasteiger charge is -2.29. The molecule has 1 rings (SSSR count). The van der Waals surface area contributed by atoms with Gasteiger partial charge in [-0.05, 0) is 45.3 Å². The monoisotopic (exact) mass is 305 g/mol. The molecule has 1 N–H and O–H groups in total. The van der Waals surface area contributed by atoms with Gasteiger partial charge in [0.25, 0.3) is 0 Å². The Hall–Kier alpha value is -0.420. The summed E-state index contributed by atoms with van der Waals surface area (Å²) in [7, 11) is 0. The van der Waals surface area contributed by atoms with Gasteiger partial charge in [-0.25, -0.2) is 4.79 Å². The van der Waals surface area contributed by atoms with Crippen molar-refractivity contribution in [2.75, 3.05) is 0 Å². The number of thioether (sulfide) groups is 1. The third-order valence-electron chi connectivity index (χ3n) is 1.73. The van der Waals surface area contributed by atoms with E-state index in [1.807, 2.05) is 45.3 Å². The Kier molecular flexibility index (Phi) is 4.12. The molecular formula is C11H16BrNO2S. The van der Waals surface area contributed by atoms with Crippen LogP contribution in [0.1, 0.15) is 27.7 Å². The molecule has 1 amide bonds. The molecule has 90 valence electrons. The summed E-state index contributed by atoms with van der Waals surface area (Å²) in [5, 5.41) is 4.76. The maximum Gasteiger partial charge on any atom is 0.409 e. The first-order chi connectivity index (χ1) is 7.20. The molecule has 1 atom stereocenters. The average molecular weight is 306 g/mol. The molecule has 0 aromatic rings. The van der Waals surface area contributed by atoms with Crippen molar-refractivity contribution in [3.63, 3.8) is 0 Å². The van der Waals surface area contributed by atoms with Crippen LogP contribution in [0.25, 0.3) is 0 Å². The lowest BCUT2D eigenvalue weighted by Crippen LogP contribution is -2.44. The summed E-state index contributed by atoms with van der Waals surface area (Å²) >= 11 is 4.88. The largest absolute Gasteiger partial charge is 0.444 e. The zero-order valence-corrected chi connectivity index (χ0v) is 12.2. The number of hydrogen-bond acceptors (Lipinski definition) is 3. The van der Waals surface area contributed by atoms with Crippen LogP contribution in [-0.4, -0.2) is 16.6 Å². The van der Waals surface area contributed by atoms with Gasteiger partial charge in [-0.15, -0.1) is 11.8 Å². The highest BCUT2D eigenvalue weighted by atomic mass is 79.9. The number of ether oxygens (including phenoxy) is 1. The Labute approximate surface area is 109 Å². The summed E-state index contributed by atoms with van der Waals surface area (Å²) in [6, 6.07) is 0. The molecule has 0 fully saturated rings. The molecular weight excluding hydrogens is 290 g/mol. The van der Waals surface area contributed by atoms with Crippen molar-refractivity contribution in [2.24, 2.45) is 0 Å². The van der Waals surface area contributed by atoms with Crippen LogP contribution in [0.3, 0.4) is 0 Å². The van der Waals surface area contributed by atoms with Crippen LogP contribution in [0.15, 0.2) is 22.0 Å². The molecule has 0 aliphatic carbocycles. The molecule has 0 aromatic heterocycles. The summed E-state index contributed by atoms with van der Waals surface area (Å²) < 4.78 is 6.20. The van der Waals surface area contributed by atoms with E-state index in [1.165, 1.54) is 11.8 Å². The fourth-order valence-electron chi connectivity index (χ4n) is 1.07.